The lowest BCUT2D eigenvalue weighted by Gasteiger charge is -2.32. The monoisotopic (exact) mass is 215 g/mol. The number of carboxylic acid groups (broad SMARTS) is 1. The molecule has 0 aliphatic carbocycles. The van der Waals surface area contributed by atoms with Crippen LogP contribution >= 0.6 is 0 Å². The molecule has 0 amide bonds. The average Bonchev–Trinajstić information content (AvgIpc) is 2.17. The fourth-order valence-electron chi connectivity index (χ4n) is 2.13. The highest BCUT2D eigenvalue weighted by Crippen LogP contribution is 2.15. The van der Waals surface area contributed by atoms with Crippen LogP contribution in [0.1, 0.15) is 26.2 Å². The minimum absolute atomic E-state index is 0.218. The molecule has 15 heavy (non-hydrogen) atoms. The first kappa shape index (κ1) is 12.5. The molecular weight excluding hydrogens is 194 g/mol. The van der Waals surface area contributed by atoms with E-state index in [4.69, 9.17) is 9.84 Å². The topological polar surface area (TPSA) is 49.8 Å². The average molecular weight is 215 g/mol. The maximum absolute atomic E-state index is 10.5. The molecule has 4 nitrogen and oxygen atoms in total. The van der Waals surface area contributed by atoms with Gasteiger partial charge in [0.05, 0.1) is 0 Å². The summed E-state index contributed by atoms with van der Waals surface area (Å²) in [6.07, 6.45) is 2.39. The Hall–Kier alpha value is -0.610. The Labute approximate surface area is 91.2 Å². The van der Waals surface area contributed by atoms with Gasteiger partial charge in [0.2, 0.25) is 0 Å². The molecule has 0 saturated carbocycles. The van der Waals surface area contributed by atoms with E-state index in [-0.39, 0.29) is 12.3 Å². The number of carbonyl (C=O) groups is 1. The van der Waals surface area contributed by atoms with E-state index in [2.05, 4.69) is 11.9 Å². The van der Waals surface area contributed by atoms with Crippen LogP contribution in [0.2, 0.25) is 0 Å². The lowest BCUT2D eigenvalue weighted by atomic mass is 10.0. The molecule has 0 aromatic rings. The molecule has 0 aromatic carbocycles. The van der Waals surface area contributed by atoms with Crippen LogP contribution in [0.5, 0.6) is 0 Å². The zero-order valence-corrected chi connectivity index (χ0v) is 9.61. The molecule has 1 heterocycles. The fourth-order valence-corrected chi connectivity index (χ4v) is 2.13. The van der Waals surface area contributed by atoms with Crippen molar-refractivity contribution >= 4 is 5.97 Å². The van der Waals surface area contributed by atoms with Crippen molar-refractivity contribution in [1.29, 1.82) is 0 Å². The second kappa shape index (κ2) is 6.08. The molecule has 0 bridgehead atoms. The molecular formula is C11H21NO3. The highest BCUT2D eigenvalue weighted by molar-refractivity contribution is 5.66. The summed E-state index contributed by atoms with van der Waals surface area (Å²) < 4.78 is 5.30. The molecule has 88 valence electrons. The Balaban J connectivity index is 2.26. The minimum atomic E-state index is -0.706. The van der Waals surface area contributed by atoms with Gasteiger partial charge in [0.25, 0.3) is 0 Å². The van der Waals surface area contributed by atoms with Crippen molar-refractivity contribution < 1.29 is 14.6 Å². The van der Waals surface area contributed by atoms with Crippen molar-refractivity contribution in [3.63, 3.8) is 0 Å². The lowest BCUT2D eigenvalue weighted by molar-refractivity contribution is -0.138. The molecule has 1 rings (SSSR count). The van der Waals surface area contributed by atoms with E-state index in [9.17, 15) is 4.79 Å². The summed E-state index contributed by atoms with van der Waals surface area (Å²) in [7, 11) is 2.08. The summed E-state index contributed by atoms with van der Waals surface area (Å²) in [5.74, 6) is -0.488. The van der Waals surface area contributed by atoms with E-state index < -0.39 is 5.97 Å². The van der Waals surface area contributed by atoms with Crippen molar-refractivity contribution in [3.8, 4) is 0 Å². The summed E-state index contributed by atoms with van der Waals surface area (Å²) in [5, 5.41) is 8.67. The molecule has 1 N–H and O–H groups in total. The van der Waals surface area contributed by atoms with Crippen molar-refractivity contribution in [2.75, 3.05) is 26.8 Å². The van der Waals surface area contributed by atoms with Crippen molar-refractivity contribution in [2.24, 2.45) is 5.92 Å². The van der Waals surface area contributed by atoms with Crippen LogP contribution in [0, 0.1) is 5.92 Å². The van der Waals surface area contributed by atoms with Gasteiger partial charge in [0.15, 0.2) is 0 Å². The molecule has 0 radical (unpaired) electrons. The number of hydrogen-bond acceptors (Lipinski definition) is 3. The molecule has 1 aliphatic rings. The van der Waals surface area contributed by atoms with Gasteiger partial charge in [-0.2, -0.15) is 0 Å². The lowest BCUT2D eigenvalue weighted by Crippen LogP contribution is -2.39. The molecule has 0 spiro atoms. The quantitative estimate of drug-likeness (QED) is 0.749. The van der Waals surface area contributed by atoms with Crippen LogP contribution in [0.3, 0.4) is 0 Å². The van der Waals surface area contributed by atoms with Gasteiger partial charge in [-0.15, -0.1) is 0 Å². The first-order valence-corrected chi connectivity index (χ1v) is 5.59. The SMILES string of the molecule is CC(CC(=O)O)CN(C)C1CCOCC1. The highest BCUT2D eigenvalue weighted by Gasteiger charge is 2.20. The zero-order valence-electron chi connectivity index (χ0n) is 9.61. The summed E-state index contributed by atoms with van der Waals surface area (Å²) >= 11 is 0. The van der Waals surface area contributed by atoms with Crippen molar-refractivity contribution in [3.05, 3.63) is 0 Å². The zero-order chi connectivity index (χ0) is 11.3. The molecule has 1 unspecified atom stereocenters. The number of rotatable bonds is 5. The highest BCUT2D eigenvalue weighted by atomic mass is 16.5. The van der Waals surface area contributed by atoms with E-state index in [1.165, 1.54) is 0 Å². The number of carboxylic acids is 1. The maximum atomic E-state index is 10.5. The fraction of sp³-hybridized carbons (Fsp3) is 0.909. The third-order valence-electron chi connectivity index (χ3n) is 2.94. The molecule has 1 saturated heterocycles. The van der Waals surface area contributed by atoms with Crippen LogP contribution in [-0.4, -0.2) is 48.8 Å². The van der Waals surface area contributed by atoms with Crippen LogP contribution < -0.4 is 0 Å². The Morgan fingerprint density at radius 3 is 2.67 bits per heavy atom. The first-order chi connectivity index (χ1) is 7.09. The van der Waals surface area contributed by atoms with Crippen LogP contribution in [0.4, 0.5) is 0 Å². The van der Waals surface area contributed by atoms with Crippen LogP contribution in [-0.2, 0) is 9.53 Å². The predicted molar refractivity (Wildman–Crippen MR) is 57.9 cm³/mol. The van der Waals surface area contributed by atoms with E-state index in [0.29, 0.717) is 6.04 Å². The minimum Gasteiger partial charge on any atom is -0.481 e. The Morgan fingerprint density at radius 1 is 1.53 bits per heavy atom. The van der Waals surface area contributed by atoms with Crippen LogP contribution in [0.15, 0.2) is 0 Å². The second-order valence-electron chi connectivity index (χ2n) is 4.49. The van der Waals surface area contributed by atoms with Gasteiger partial charge >= 0.3 is 5.97 Å². The van der Waals surface area contributed by atoms with Gasteiger partial charge in [-0.25, -0.2) is 0 Å². The van der Waals surface area contributed by atoms with Gasteiger partial charge in [-0.1, -0.05) is 6.92 Å². The van der Waals surface area contributed by atoms with Gasteiger partial charge in [-0.3, -0.25) is 4.79 Å². The number of nitrogens with zero attached hydrogens (tertiary/aromatic N) is 1. The van der Waals surface area contributed by atoms with Crippen LogP contribution in [0.25, 0.3) is 0 Å². The predicted octanol–water partition coefficient (Wildman–Crippen LogP) is 1.21. The van der Waals surface area contributed by atoms with Crippen molar-refractivity contribution in [1.82, 2.24) is 4.90 Å². The van der Waals surface area contributed by atoms with Crippen molar-refractivity contribution in [2.45, 2.75) is 32.2 Å². The summed E-state index contributed by atoms with van der Waals surface area (Å²) in [4.78, 5) is 12.8. The smallest absolute Gasteiger partial charge is 0.303 e. The third-order valence-corrected chi connectivity index (χ3v) is 2.94. The largest absolute Gasteiger partial charge is 0.481 e. The Kier molecular flexibility index (Phi) is 5.05. The van der Waals surface area contributed by atoms with E-state index in [1.807, 2.05) is 6.92 Å². The first-order valence-electron chi connectivity index (χ1n) is 5.59. The number of hydrogen-bond donors (Lipinski definition) is 1. The van der Waals surface area contributed by atoms with Gasteiger partial charge in [0.1, 0.15) is 0 Å². The normalized spacial score (nSPS) is 20.5. The molecule has 1 fully saturated rings. The Morgan fingerprint density at radius 2 is 2.13 bits per heavy atom. The summed E-state index contributed by atoms with van der Waals surface area (Å²) in [6, 6.07) is 0.565. The summed E-state index contributed by atoms with van der Waals surface area (Å²) in [5.41, 5.74) is 0. The maximum Gasteiger partial charge on any atom is 0.303 e. The molecule has 1 aliphatic heterocycles. The molecule has 0 aromatic heterocycles. The Bertz CT molecular complexity index is 202. The van der Waals surface area contributed by atoms with E-state index in [0.717, 1.165) is 32.6 Å². The number of aliphatic carboxylic acids is 1. The number of ether oxygens (including phenoxy) is 1. The van der Waals surface area contributed by atoms with E-state index >= 15 is 0 Å². The van der Waals surface area contributed by atoms with Gasteiger partial charge in [0, 0.05) is 32.2 Å². The molecule has 1 atom stereocenters. The molecule has 4 heteroatoms. The standard InChI is InChI=1S/C11H21NO3/c1-9(7-11(13)14)8-12(2)10-3-5-15-6-4-10/h9-10H,3-8H2,1-2H3,(H,13,14). The summed E-state index contributed by atoms with van der Waals surface area (Å²) in [6.45, 7) is 4.52. The van der Waals surface area contributed by atoms with E-state index in [1.54, 1.807) is 0 Å². The van der Waals surface area contributed by atoms with Gasteiger partial charge < -0.3 is 14.7 Å². The third kappa shape index (κ3) is 4.62. The van der Waals surface area contributed by atoms with Gasteiger partial charge in [-0.05, 0) is 25.8 Å². The second-order valence-corrected chi connectivity index (χ2v) is 4.49.